The number of nitrogens with two attached hydrogens (primary N) is 1. The van der Waals surface area contributed by atoms with Crippen LogP contribution in [-0.4, -0.2) is 20.7 Å². The summed E-state index contributed by atoms with van der Waals surface area (Å²) in [5.41, 5.74) is 6.99. The highest BCUT2D eigenvalue weighted by Crippen LogP contribution is 2.04. The van der Waals surface area contributed by atoms with Crippen LogP contribution < -0.4 is 5.73 Å². The molecule has 0 heterocycles. The van der Waals surface area contributed by atoms with Gasteiger partial charge in [0.15, 0.2) is 9.84 Å². The first kappa shape index (κ1) is 12.9. The third-order valence-electron chi connectivity index (χ3n) is 2.18. The lowest BCUT2D eigenvalue weighted by atomic mass is 10.1. The molecule has 0 spiro atoms. The predicted octanol–water partition coefficient (Wildman–Crippen LogP) is 1.50. The molecule has 0 aromatic heterocycles. The van der Waals surface area contributed by atoms with E-state index in [1.165, 1.54) is 17.0 Å². The van der Waals surface area contributed by atoms with Crippen LogP contribution in [0.3, 0.4) is 0 Å². The second kappa shape index (κ2) is 5.82. The van der Waals surface area contributed by atoms with Gasteiger partial charge in [0, 0.05) is 17.7 Å². The highest BCUT2D eigenvalue weighted by atomic mass is 32.2. The quantitative estimate of drug-likeness (QED) is 0.847. The zero-order valence-corrected chi connectivity index (χ0v) is 10.2. The molecular formula is C12H17NO2S. The lowest BCUT2D eigenvalue weighted by molar-refractivity contribution is 0.609. The Bertz CT molecular complexity index is 437. The van der Waals surface area contributed by atoms with Crippen LogP contribution in [0.5, 0.6) is 0 Å². The highest BCUT2D eigenvalue weighted by Gasteiger charge is 2.00. The van der Waals surface area contributed by atoms with E-state index >= 15 is 0 Å². The van der Waals surface area contributed by atoms with Gasteiger partial charge < -0.3 is 5.73 Å². The molecule has 0 bridgehead atoms. The Labute approximate surface area is 96.9 Å². The van der Waals surface area contributed by atoms with E-state index in [1.807, 2.05) is 30.3 Å². The van der Waals surface area contributed by atoms with Crippen molar-refractivity contribution in [3.63, 3.8) is 0 Å². The Morgan fingerprint density at radius 1 is 1.31 bits per heavy atom. The van der Waals surface area contributed by atoms with Gasteiger partial charge in [-0.25, -0.2) is 8.42 Å². The number of hydrogen-bond acceptors (Lipinski definition) is 3. The van der Waals surface area contributed by atoms with Crippen molar-refractivity contribution in [3.8, 4) is 0 Å². The maximum absolute atomic E-state index is 10.9. The monoisotopic (exact) mass is 239 g/mol. The standard InChI is InChI=1S/C12H17NO2S/c1-16(14,15)10-9-12(13)8-7-11-5-3-2-4-6-11/h2-6,9-10,12H,7-8,13H2,1H3/b10-9+/t12-/m0/s1. The fourth-order valence-corrected chi connectivity index (χ4v) is 1.81. The summed E-state index contributed by atoms with van der Waals surface area (Å²) in [5, 5.41) is 1.17. The summed E-state index contributed by atoms with van der Waals surface area (Å²) in [5.74, 6) is 0. The molecule has 1 aromatic carbocycles. The number of sulfone groups is 1. The topological polar surface area (TPSA) is 60.2 Å². The molecule has 0 fully saturated rings. The van der Waals surface area contributed by atoms with Gasteiger partial charge in [0.1, 0.15) is 0 Å². The number of rotatable bonds is 5. The maximum atomic E-state index is 10.9. The van der Waals surface area contributed by atoms with Gasteiger partial charge in [-0.3, -0.25) is 0 Å². The predicted molar refractivity (Wildman–Crippen MR) is 66.7 cm³/mol. The van der Waals surface area contributed by atoms with Crippen LogP contribution >= 0.6 is 0 Å². The first-order valence-corrected chi connectivity index (χ1v) is 7.10. The van der Waals surface area contributed by atoms with Crippen LogP contribution in [0.2, 0.25) is 0 Å². The van der Waals surface area contributed by atoms with Gasteiger partial charge in [0.25, 0.3) is 0 Å². The maximum Gasteiger partial charge on any atom is 0.168 e. The van der Waals surface area contributed by atoms with E-state index in [0.29, 0.717) is 0 Å². The van der Waals surface area contributed by atoms with Crippen molar-refractivity contribution in [2.45, 2.75) is 18.9 Å². The van der Waals surface area contributed by atoms with Crippen molar-refractivity contribution < 1.29 is 8.42 Å². The molecule has 1 atom stereocenters. The van der Waals surface area contributed by atoms with E-state index in [0.717, 1.165) is 19.1 Å². The summed E-state index contributed by atoms with van der Waals surface area (Å²) >= 11 is 0. The lowest BCUT2D eigenvalue weighted by Gasteiger charge is -2.05. The molecule has 4 heteroatoms. The third-order valence-corrected chi connectivity index (χ3v) is 2.83. The van der Waals surface area contributed by atoms with E-state index < -0.39 is 9.84 Å². The van der Waals surface area contributed by atoms with Gasteiger partial charge in [-0.05, 0) is 18.4 Å². The van der Waals surface area contributed by atoms with Crippen LogP contribution in [0.25, 0.3) is 0 Å². The summed E-state index contributed by atoms with van der Waals surface area (Å²) in [6, 6.07) is 9.78. The molecule has 0 saturated carbocycles. The van der Waals surface area contributed by atoms with Gasteiger partial charge in [-0.2, -0.15) is 0 Å². The Hall–Kier alpha value is -1.13. The fraction of sp³-hybridized carbons (Fsp3) is 0.333. The lowest BCUT2D eigenvalue weighted by Crippen LogP contribution is -2.18. The van der Waals surface area contributed by atoms with Gasteiger partial charge in [0.2, 0.25) is 0 Å². The molecule has 0 unspecified atom stereocenters. The number of hydrogen-bond donors (Lipinski definition) is 1. The van der Waals surface area contributed by atoms with Crippen LogP contribution in [0.4, 0.5) is 0 Å². The van der Waals surface area contributed by atoms with E-state index in [2.05, 4.69) is 0 Å². The summed E-state index contributed by atoms with van der Waals surface area (Å²) < 4.78 is 21.7. The molecule has 0 saturated heterocycles. The van der Waals surface area contributed by atoms with E-state index in [4.69, 9.17) is 5.73 Å². The average Bonchev–Trinajstić information content (AvgIpc) is 2.24. The van der Waals surface area contributed by atoms with Crippen molar-refractivity contribution in [3.05, 3.63) is 47.4 Å². The van der Waals surface area contributed by atoms with E-state index in [9.17, 15) is 8.42 Å². The summed E-state index contributed by atoms with van der Waals surface area (Å²) in [4.78, 5) is 0. The zero-order chi connectivity index (χ0) is 12.0. The molecule has 3 nitrogen and oxygen atoms in total. The normalized spacial score (nSPS) is 14.1. The summed E-state index contributed by atoms with van der Waals surface area (Å²) in [6.07, 6.45) is 4.30. The van der Waals surface area contributed by atoms with Crippen LogP contribution in [0, 0.1) is 0 Å². The van der Waals surface area contributed by atoms with Crippen molar-refractivity contribution >= 4 is 9.84 Å². The third kappa shape index (κ3) is 5.68. The molecule has 2 N–H and O–H groups in total. The Morgan fingerprint density at radius 3 is 2.50 bits per heavy atom. The van der Waals surface area contributed by atoms with E-state index in [1.54, 1.807) is 0 Å². The van der Waals surface area contributed by atoms with E-state index in [-0.39, 0.29) is 6.04 Å². The van der Waals surface area contributed by atoms with Crippen molar-refractivity contribution in [1.29, 1.82) is 0 Å². The molecule has 1 rings (SSSR count). The Kier molecular flexibility index (Phi) is 4.71. The minimum absolute atomic E-state index is 0.213. The van der Waals surface area contributed by atoms with Gasteiger partial charge in [0.05, 0.1) is 0 Å². The van der Waals surface area contributed by atoms with Crippen molar-refractivity contribution in [2.75, 3.05) is 6.26 Å². The fourth-order valence-electron chi connectivity index (χ4n) is 1.32. The summed E-state index contributed by atoms with van der Waals surface area (Å²) in [6.45, 7) is 0. The van der Waals surface area contributed by atoms with Crippen LogP contribution in [0.15, 0.2) is 41.8 Å². The number of aryl methyl sites for hydroxylation is 1. The smallest absolute Gasteiger partial charge is 0.168 e. The minimum atomic E-state index is -3.06. The first-order valence-electron chi connectivity index (χ1n) is 5.15. The van der Waals surface area contributed by atoms with Crippen molar-refractivity contribution in [2.24, 2.45) is 5.73 Å². The number of benzene rings is 1. The molecule has 0 amide bonds. The highest BCUT2D eigenvalue weighted by molar-refractivity contribution is 7.93. The molecule has 0 radical (unpaired) electrons. The van der Waals surface area contributed by atoms with Gasteiger partial charge >= 0.3 is 0 Å². The second-order valence-corrected chi connectivity index (χ2v) is 5.78. The molecule has 88 valence electrons. The Morgan fingerprint density at radius 2 is 1.94 bits per heavy atom. The van der Waals surface area contributed by atoms with Crippen LogP contribution in [-0.2, 0) is 16.3 Å². The molecule has 0 aliphatic heterocycles. The molecule has 0 aliphatic rings. The van der Waals surface area contributed by atoms with Crippen LogP contribution in [0.1, 0.15) is 12.0 Å². The second-order valence-electron chi connectivity index (χ2n) is 3.85. The van der Waals surface area contributed by atoms with Crippen molar-refractivity contribution in [1.82, 2.24) is 0 Å². The Balaban J connectivity index is 2.42. The molecule has 0 aliphatic carbocycles. The van der Waals surface area contributed by atoms with Gasteiger partial charge in [-0.15, -0.1) is 0 Å². The molecular weight excluding hydrogens is 222 g/mol. The average molecular weight is 239 g/mol. The SMILES string of the molecule is CS(=O)(=O)/C=C/[C@@H](N)CCc1ccccc1. The molecule has 16 heavy (non-hydrogen) atoms. The minimum Gasteiger partial charge on any atom is -0.324 e. The zero-order valence-electron chi connectivity index (χ0n) is 9.34. The molecule has 1 aromatic rings. The van der Waals surface area contributed by atoms with Gasteiger partial charge in [-0.1, -0.05) is 36.4 Å². The first-order chi connectivity index (χ1) is 7.47. The summed E-state index contributed by atoms with van der Waals surface area (Å²) in [7, 11) is -3.06. The largest absolute Gasteiger partial charge is 0.324 e.